The number of hydrogen-bond donors (Lipinski definition) is 1. The summed E-state index contributed by atoms with van der Waals surface area (Å²) in [6.45, 7) is 6.90. The molecule has 2 N–H and O–H groups in total. The Morgan fingerprint density at radius 2 is 2.00 bits per heavy atom. The molecule has 104 valence electrons. The van der Waals surface area contributed by atoms with Crippen LogP contribution in [0, 0.1) is 5.41 Å². The first-order valence-electron chi connectivity index (χ1n) is 6.65. The lowest BCUT2D eigenvalue weighted by molar-refractivity contribution is -0.134. The predicted octanol–water partition coefficient (Wildman–Crippen LogP) is 1.72. The molecule has 1 rings (SSSR count). The second-order valence-corrected chi connectivity index (χ2v) is 5.61. The van der Waals surface area contributed by atoms with Crippen molar-refractivity contribution in [2.75, 3.05) is 26.3 Å². The van der Waals surface area contributed by atoms with Crippen LogP contribution in [0.1, 0.15) is 39.5 Å². The minimum atomic E-state index is -0.0785. The highest BCUT2D eigenvalue weighted by Crippen LogP contribution is 2.31. The molecule has 0 aromatic rings. The largest absolute Gasteiger partial charge is 0.393 e. The van der Waals surface area contributed by atoms with E-state index in [1.807, 2.05) is 4.90 Å². The number of likely N-dealkylation sites (tertiary alicyclic amines) is 1. The number of hydrogen-bond acceptors (Lipinski definition) is 3. The van der Waals surface area contributed by atoms with Gasteiger partial charge < -0.3 is 15.4 Å². The van der Waals surface area contributed by atoms with Gasteiger partial charge >= 0.3 is 0 Å². The SMILES string of the molecule is CCCOCCC(=O)N1CCC(C)(C(N)=S)CC1. The van der Waals surface area contributed by atoms with Crippen LogP contribution in [0.2, 0.25) is 0 Å². The molecule has 5 heteroatoms. The highest BCUT2D eigenvalue weighted by molar-refractivity contribution is 7.80. The molecule has 0 radical (unpaired) electrons. The van der Waals surface area contributed by atoms with E-state index in [0.717, 1.165) is 39.0 Å². The molecule has 1 heterocycles. The number of nitrogens with two attached hydrogens (primary N) is 1. The first-order valence-corrected chi connectivity index (χ1v) is 7.06. The maximum absolute atomic E-state index is 11.9. The molecule has 0 aromatic heterocycles. The van der Waals surface area contributed by atoms with Gasteiger partial charge in [0, 0.05) is 25.1 Å². The first kappa shape index (κ1) is 15.4. The van der Waals surface area contributed by atoms with Crippen molar-refractivity contribution >= 4 is 23.1 Å². The quantitative estimate of drug-likeness (QED) is 0.591. The van der Waals surface area contributed by atoms with Gasteiger partial charge in [0.1, 0.15) is 0 Å². The molecule has 1 fully saturated rings. The van der Waals surface area contributed by atoms with Crippen molar-refractivity contribution in [2.24, 2.45) is 11.1 Å². The van der Waals surface area contributed by atoms with E-state index < -0.39 is 0 Å². The van der Waals surface area contributed by atoms with Crippen molar-refractivity contribution in [1.82, 2.24) is 4.90 Å². The molecule has 0 atom stereocenters. The van der Waals surface area contributed by atoms with E-state index in [1.165, 1.54) is 0 Å². The van der Waals surface area contributed by atoms with Crippen LogP contribution >= 0.6 is 12.2 Å². The van der Waals surface area contributed by atoms with Crippen LogP contribution in [0.4, 0.5) is 0 Å². The zero-order valence-corrected chi connectivity index (χ0v) is 12.2. The Morgan fingerprint density at radius 3 is 2.50 bits per heavy atom. The van der Waals surface area contributed by atoms with E-state index in [2.05, 4.69) is 13.8 Å². The molecule has 1 saturated heterocycles. The van der Waals surface area contributed by atoms with Gasteiger partial charge in [-0.1, -0.05) is 26.1 Å². The van der Waals surface area contributed by atoms with Crippen molar-refractivity contribution in [1.29, 1.82) is 0 Å². The molecule has 18 heavy (non-hydrogen) atoms. The summed E-state index contributed by atoms with van der Waals surface area (Å²) < 4.78 is 5.34. The van der Waals surface area contributed by atoms with E-state index in [9.17, 15) is 4.79 Å². The highest BCUT2D eigenvalue weighted by atomic mass is 32.1. The van der Waals surface area contributed by atoms with E-state index in [0.29, 0.717) is 18.0 Å². The van der Waals surface area contributed by atoms with Gasteiger partial charge in [0.2, 0.25) is 5.91 Å². The lowest BCUT2D eigenvalue weighted by Gasteiger charge is -2.38. The van der Waals surface area contributed by atoms with Gasteiger partial charge in [-0.05, 0) is 19.3 Å². The fourth-order valence-electron chi connectivity index (χ4n) is 2.06. The van der Waals surface area contributed by atoms with Gasteiger partial charge in [0.15, 0.2) is 0 Å². The van der Waals surface area contributed by atoms with Crippen molar-refractivity contribution in [3.05, 3.63) is 0 Å². The molecule has 4 nitrogen and oxygen atoms in total. The summed E-state index contributed by atoms with van der Waals surface area (Å²) in [5, 5.41) is 0. The molecule has 0 aromatic carbocycles. The molecule has 0 aliphatic carbocycles. The average Bonchev–Trinajstić information content (AvgIpc) is 2.35. The van der Waals surface area contributed by atoms with Crippen LogP contribution < -0.4 is 5.73 Å². The van der Waals surface area contributed by atoms with Gasteiger partial charge in [-0.3, -0.25) is 4.79 Å². The normalized spacial score (nSPS) is 18.7. The number of piperidine rings is 1. The summed E-state index contributed by atoms with van der Waals surface area (Å²) in [7, 11) is 0. The standard InChI is InChI=1S/C13H24N2O2S/c1-3-9-17-10-4-11(16)15-7-5-13(2,6-8-15)12(14)18/h3-10H2,1-2H3,(H2,14,18). The summed E-state index contributed by atoms with van der Waals surface area (Å²) >= 11 is 5.09. The second-order valence-electron chi connectivity index (χ2n) is 5.17. The Morgan fingerprint density at radius 1 is 1.39 bits per heavy atom. The highest BCUT2D eigenvalue weighted by Gasteiger charge is 2.33. The monoisotopic (exact) mass is 272 g/mol. The molecule has 1 aliphatic rings. The molecule has 0 spiro atoms. The summed E-state index contributed by atoms with van der Waals surface area (Å²) in [4.78, 5) is 14.4. The lowest BCUT2D eigenvalue weighted by atomic mass is 9.80. The zero-order valence-electron chi connectivity index (χ0n) is 11.4. The number of thiocarbonyl (C=S) groups is 1. The van der Waals surface area contributed by atoms with Gasteiger partial charge in [-0.15, -0.1) is 0 Å². The fourth-order valence-corrected chi connectivity index (χ4v) is 2.26. The summed E-state index contributed by atoms with van der Waals surface area (Å²) in [5.74, 6) is 0.177. The third-order valence-electron chi connectivity index (χ3n) is 3.62. The smallest absolute Gasteiger partial charge is 0.224 e. The molecular formula is C13H24N2O2S. The third-order valence-corrected chi connectivity index (χ3v) is 4.12. The molecule has 1 aliphatic heterocycles. The van der Waals surface area contributed by atoms with Crippen LogP contribution in [-0.2, 0) is 9.53 Å². The zero-order chi connectivity index (χ0) is 13.6. The van der Waals surface area contributed by atoms with Crippen LogP contribution in [-0.4, -0.2) is 42.1 Å². The average molecular weight is 272 g/mol. The number of carbonyl (C=O) groups is 1. The fraction of sp³-hybridized carbons (Fsp3) is 0.846. The summed E-state index contributed by atoms with van der Waals surface area (Å²) in [6, 6.07) is 0. The molecule has 0 unspecified atom stereocenters. The Labute approximate surface area is 115 Å². The number of carbonyl (C=O) groups excluding carboxylic acids is 1. The van der Waals surface area contributed by atoms with Crippen molar-refractivity contribution < 1.29 is 9.53 Å². The maximum atomic E-state index is 11.9. The van der Waals surface area contributed by atoms with Gasteiger partial charge in [0.05, 0.1) is 18.0 Å². The predicted molar refractivity (Wildman–Crippen MR) is 76.4 cm³/mol. The van der Waals surface area contributed by atoms with E-state index in [-0.39, 0.29) is 11.3 Å². The Kier molecular flexibility index (Phi) is 6.02. The number of rotatable bonds is 6. The topological polar surface area (TPSA) is 55.6 Å². The number of ether oxygens (including phenoxy) is 1. The Bertz CT molecular complexity index is 299. The van der Waals surface area contributed by atoms with Crippen LogP contribution in [0.5, 0.6) is 0 Å². The van der Waals surface area contributed by atoms with Crippen molar-refractivity contribution in [2.45, 2.75) is 39.5 Å². The van der Waals surface area contributed by atoms with Crippen LogP contribution in [0.25, 0.3) is 0 Å². The van der Waals surface area contributed by atoms with E-state index in [4.69, 9.17) is 22.7 Å². The molecular weight excluding hydrogens is 248 g/mol. The maximum Gasteiger partial charge on any atom is 0.224 e. The molecule has 0 saturated carbocycles. The minimum Gasteiger partial charge on any atom is -0.393 e. The molecule has 1 amide bonds. The molecule has 0 bridgehead atoms. The van der Waals surface area contributed by atoms with Crippen LogP contribution in [0.3, 0.4) is 0 Å². The van der Waals surface area contributed by atoms with Crippen molar-refractivity contribution in [3.8, 4) is 0 Å². The summed E-state index contributed by atoms with van der Waals surface area (Å²) in [6.07, 6.45) is 3.20. The number of amides is 1. The van der Waals surface area contributed by atoms with Gasteiger partial charge in [-0.2, -0.15) is 0 Å². The lowest BCUT2D eigenvalue weighted by Crippen LogP contribution is -2.46. The van der Waals surface area contributed by atoms with Gasteiger partial charge in [0.25, 0.3) is 0 Å². The first-order chi connectivity index (χ1) is 8.49. The van der Waals surface area contributed by atoms with E-state index >= 15 is 0 Å². The van der Waals surface area contributed by atoms with Gasteiger partial charge in [-0.25, -0.2) is 0 Å². The van der Waals surface area contributed by atoms with Crippen LogP contribution in [0.15, 0.2) is 0 Å². The third kappa shape index (κ3) is 4.21. The minimum absolute atomic E-state index is 0.0785. The second kappa shape index (κ2) is 7.04. The Hall–Kier alpha value is -0.680. The van der Waals surface area contributed by atoms with E-state index in [1.54, 1.807) is 0 Å². The Balaban J connectivity index is 2.30. The summed E-state index contributed by atoms with van der Waals surface area (Å²) in [5.41, 5.74) is 5.67. The van der Waals surface area contributed by atoms with Crippen molar-refractivity contribution in [3.63, 3.8) is 0 Å². The number of nitrogens with zero attached hydrogens (tertiary/aromatic N) is 1.